The average Bonchev–Trinajstić information content (AvgIpc) is 3.51. The molecule has 1 aliphatic heterocycles. The number of aromatic nitrogens is 2. The maximum absolute atomic E-state index is 14.6. The molecular formula is C23H19FN4OS. The number of benzene rings is 1. The van der Waals surface area contributed by atoms with Crippen LogP contribution in [-0.2, 0) is 6.54 Å². The molecule has 0 aliphatic carbocycles. The summed E-state index contributed by atoms with van der Waals surface area (Å²) in [6.45, 7) is 0.495. The minimum absolute atomic E-state index is 0.186. The van der Waals surface area contributed by atoms with Gasteiger partial charge in [-0.25, -0.2) is 4.39 Å². The number of furan rings is 1. The van der Waals surface area contributed by atoms with Crippen molar-refractivity contribution in [2.45, 2.75) is 18.6 Å². The van der Waals surface area contributed by atoms with Crippen LogP contribution in [0.5, 0.6) is 0 Å². The van der Waals surface area contributed by atoms with Crippen molar-refractivity contribution in [3.8, 4) is 5.69 Å². The molecule has 1 N–H and O–H groups in total. The van der Waals surface area contributed by atoms with Crippen LogP contribution in [-0.4, -0.2) is 19.6 Å². The van der Waals surface area contributed by atoms with E-state index in [-0.39, 0.29) is 17.9 Å². The number of rotatable bonds is 5. The van der Waals surface area contributed by atoms with Gasteiger partial charge in [0, 0.05) is 18.1 Å². The summed E-state index contributed by atoms with van der Waals surface area (Å²) < 4.78 is 22.1. The van der Waals surface area contributed by atoms with Gasteiger partial charge in [-0.2, -0.15) is 0 Å². The van der Waals surface area contributed by atoms with Gasteiger partial charge in [0.2, 0.25) is 0 Å². The van der Waals surface area contributed by atoms with Crippen LogP contribution in [0.1, 0.15) is 29.2 Å². The molecular weight excluding hydrogens is 399 g/mol. The van der Waals surface area contributed by atoms with E-state index in [1.54, 1.807) is 24.6 Å². The maximum atomic E-state index is 14.6. The number of hydrogen-bond acceptors (Lipinski definition) is 3. The van der Waals surface area contributed by atoms with Crippen molar-refractivity contribution in [2.75, 3.05) is 0 Å². The second-order valence-electron chi connectivity index (χ2n) is 7.09. The molecule has 0 radical (unpaired) electrons. The number of nitrogens with one attached hydrogen (secondary N) is 1. The Bertz CT molecular complexity index is 1160. The van der Waals surface area contributed by atoms with Crippen LogP contribution in [0.15, 0.2) is 89.8 Å². The van der Waals surface area contributed by atoms with Crippen molar-refractivity contribution < 1.29 is 8.81 Å². The molecule has 30 heavy (non-hydrogen) atoms. The van der Waals surface area contributed by atoms with E-state index >= 15 is 0 Å². The Balaban J connectivity index is 1.62. The maximum Gasteiger partial charge on any atom is 0.170 e. The van der Waals surface area contributed by atoms with Gasteiger partial charge in [-0.05, 0) is 60.7 Å². The summed E-state index contributed by atoms with van der Waals surface area (Å²) in [7, 11) is 0. The van der Waals surface area contributed by atoms with E-state index in [2.05, 4.69) is 15.2 Å². The lowest BCUT2D eigenvalue weighted by Crippen LogP contribution is -2.29. The number of hydrogen-bond donors (Lipinski definition) is 1. The number of pyridine rings is 1. The minimum atomic E-state index is -0.282. The highest BCUT2D eigenvalue weighted by molar-refractivity contribution is 7.80. The zero-order valence-corrected chi connectivity index (χ0v) is 16.8. The van der Waals surface area contributed by atoms with Gasteiger partial charge in [0.1, 0.15) is 11.6 Å². The monoisotopic (exact) mass is 418 g/mol. The van der Waals surface area contributed by atoms with E-state index in [0.717, 1.165) is 17.1 Å². The van der Waals surface area contributed by atoms with E-state index in [9.17, 15) is 4.39 Å². The Labute approximate surface area is 178 Å². The third kappa shape index (κ3) is 3.27. The Morgan fingerprint density at radius 3 is 2.67 bits per heavy atom. The number of nitrogens with zero attached hydrogens (tertiary/aromatic N) is 3. The zero-order valence-electron chi connectivity index (χ0n) is 16.0. The van der Waals surface area contributed by atoms with Gasteiger partial charge in [0.05, 0.1) is 36.3 Å². The van der Waals surface area contributed by atoms with Gasteiger partial charge in [0.15, 0.2) is 5.11 Å². The van der Waals surface area contributed by atoms with Gasteiger partial charge in [0.25, 0.3) is 0 Å². The van der Waals surface area contributed by atoms with Crippen LogP contribution in [0.4, 0.5) is 4.39 Å². The van der Waals surface area contributed by atoms with Crippen LogP contribution in [0.3, 0.4) is 0 Å². The van der Waals surface area contributed by atoms with Crippen molar-refractivity contribution >= 4 is 17.3 Å². The number of halogens is 1. The molecule has 1 saturated heterocycles. The van der Waals surface area contributed by atoms with Gasteiger partial charge >= 0.3 is 0 Å². The van der Waals surface area contributed by atoms with Crippen molar-refractivity contribution in [1.29, 1.82) is 0 Å². The highest BCUT2D eigenvalue weighted by atomic mass is 32.1. The predicted octanol–water partition coefficient (Wildman–Crippen LogP) is 4.78. The van der Waals surface area contributed by atoms with E-state index in [1.807, 2.05) is 59.3 Å². The van der Waals surface area contributed by atoms with Crippen molar-refractivity contribution in [1.82, 2.24) is 19.8 Å². The molecule has 4 heterocycles. The Hall–Kier alpha value is -3.45. The molecule has 0 saturated carbocycles. The molecule has 0 spiro atoms. The SMILES string of the molecule is Fc1ccccc1-n1cccc1[C@H]1[C@H](c2ccccn2)NC(=S)N1Cc1ccco1. The third-order valence-electron chi connectivity index (χ3n) is 5.30. The molecule has 1 aliphatic rings. The molecule has 1 fully saturated rings. The van der Waals surface area contributed by atoms with Gasteiger partial charge in [-0.1, -0.05) is 18.2 Å². The summed E-state index contributed by atoms with van der Waals surface area (Å²) in [5, 5.41) is 4.02. The second kappa shape index (κ2) is 7.76. The highest BCUT2D eigenvalue weighted by Crippen LogP contribution is 2.40. The fraction of sp³-hybridized carbons (Fsp3) is 0.130. The lowest BCUT2D eigenvalue weighted by molar-refractivity contribution is 0.280. The second-order valence-corrected chi connectivity index (χ2v) is 7.48. The van der Waals surface area contributed by atoms with Gasteiger partial charge < -0.3 is 19.2 Å². The van der Waals surface area contributed by atoms with E-state index in [0.29, 0.717) is 17.3 Å². The van der Waals surface area contributed by atoms with Crippen molar-refractivity contribution in [2.24, 2.45) is 0 Å². The molecule has 4 aromatic rings. The first-order chi connectivity index (χ1) is 14.7. The zero-order chi connectivity index (χ0) is 20.5. The van der Waals surface area contributed by atoms with Crippen LogP contribution in [0.25, 0.3) is 5.69 Å². The summed E-state index contributed by atoms with van der Waals surface area (Å²) in [4.78, 5) is 6.62. The largest absolute Gasteiger partial charge is 0.467 e. The molecule has 1 aromatic carbocycles. The molecule has 5 rings (SSSR count). The lowest BCUT2D eigenvalue weighted by atomic mass is 10.0. The smallest absolute Gasteiger partial charge is 0.170 e. The Kier molecular flexibility index (Phi) is 4.80. The van der Waals surface area contributed by atoms with Crippen molar-refractivity contribution in [3.05, 3.63) is 108 Å². The molecule has 0 unspecified atom stereocenters. The minimum Gasteiger partial charge on any atom is -0.467 e. The fourth-order valence-corrected chi connectivity index (χ4v) is 4.27. The molecule has 7 heteroatoms. The fourth-order valence-electron chi connectivity index (χ4n) is 3.97. The van der Waals surface area contributed by atoms with E-state index in [4.69, 9.17) is 16.6 Å². The normalized spacial score (nSPS) is 18.6. The van der Waals surface area contributed by atoms with Crippen LogP contribution >= 0.6 is 12.2 Å². The third-order valence-corrected chi connectivity index (χ3v) is 5.65. The van der Waals surface area contributed by atoms with E-state index < -0.39 is 0 Å². The molecule has 3 aromatic heterocycles. The summed E-state index contributed by atoms with van der Waals surface area (Å²) in [6, 6.07) is 19.9. The number of para-hydroxylation sites is 1. The first-order valence-electron chi connectivity index (χ1n) is 9.65. The summed E-state index contributed by atoms with van der Waals surface area (Å²) in [5.41, 5.74) is 2.27. The molecule has 0 amide bonds. The molecule has 150 valence electrons. The topological polar surface area (TPSA) is 46.2 Å². The average molecular weight is 418 g/mol. The Morgan fingerprint density at radius 2 is 1.90 bits per heavy atom. The number of thiocarbonyl (C=S) groups is 1. The first kappa shape index (κ1) is 18.6. The molecule has 2 atom stereocenters. The Morgan fingerprint density at radius 1 is 1.03 bits per heavy atom. The first-order valence-corrected chi connectivity index (χ1v) is 10.1. The summed E-state index contributed by atoms with van der Waals surface area (Å²) in [6.07, 6.45) is 5.28. The molecule has 0 bridgehead atoms. The van der Waals surface area contributed by atoms with E-state index in [1.165, 1.54) is 6.07 Å². The van der Waals surface area contributed by atoms with Crippen LogP contribution in [0, 0.1) is 5.82 Å². The summed E-state index contributed by atoms with van der Waals surface area (Å²) in [5.74, 6) is 0.519. The van der Waals surface area contributed by atoms with Crippen LogP contribution < -0.4 is 5.32 Å². The van der Waals surface area contributed by atoms with Gasteiger partial charge in [-0.15, -0.1) is 0 Å². The molecule has 5 nitrogen and oxygen atoms in total. The standard InChI is InChI=1S/C23H19FN4OS/c24-17-8-1-2-10-19(17)27-13-5-11-20(27)22-21(18-9-3-4-12-25-18)26-23(30)28(22)15-16-7-6-14-29-16/h1-14,21-22H,15H2,(H,26,30)/t21-,22-/m0/s1. The highest BCUT2D eigenvalue weighted by Gasteiger charge is 2.41. The predicted molar refractivity (Wildman–Crippen MR) is 115 cm³/mol. The lowest BCUT2D eigenvalue weighted by Gasteiger charge is -2.28. The van der Waals surface area contributed by atoms with Gasteiger partial charge in [-0.3, -0.25) is 4.98 Å². The van der Waals surface area contributed by atoms with Crippen molar-refractivity contribution in [3.63, 3.8) is 0 Å². The quantitative estimate of drug-likeness (QED) is 0.473. The summed E-state index contributed by atoms with van der Waals surface area (Å²) >= 11 is 5.69. The van der Waals surface area contributed by atoms with Crippen LogP contribution in [0.2, 0.25) is 0 Å².